The number of hydrogen-bond donors (Lipinski definition) is 1. The molecule has 2 fully saturated rings. The molecule has 72 valence electrons. The summed E-state index contributed by atoms with van der Waals surface area (Å²) in [5, 5.41) is 8.76. The Balaban J connectivity index is 2.34. The van der Waals surface area contributed by atoms with Crippen LogP contribution in [-0.4, -0.2) is 11.1 Å². The summed E-state index contributed by atoms with van der Waals surface area (Å²) in [6.07, 6.45) is 5.15. The monoisotopic (exact) mass is 180 g/mol. The van der Waals surface area contributed by atoms with Crippen LogP contribution in [0.1, 0.15) is 33.1 Å². The van der Waals surface area contributed by atoms with Crippen molar-refractivity contribution >= 4 is 5.97 Å². The van der Waals surface area contributed by atoms with Crippen LogP contribution in [0.15, 0.2) is 11.6 Å². The Morgan fingerprint density at radius 2 is 2.23 bits per heavy atom. The van der Waals surface area contributed by atoms with Gasteiger partial charge in [-0.25, -0.2) is 4.79 Å². The van der Waals surface area contributed by atoms with Crippen LogP contribution in [0.3, 0.4) is 0 Å². The zero-order valence-corrected chi connectivity index (χ0v) is 8.21. The minimum atomic E-state index is -0.782. The number of carboxylic acid groups (broad SMARTS) is 1. The van der Waals surface area contributed by atoms with Gasteiger partial charge in [-0.2, -0.15) is 0 Å². The van der Waals surface area contributed by atoms with E-state index in [0.717, 1.165) is 5.92 Å². The predicted molar refractivity (Wildman–Crippen MR) is 50.3 cm³/mol. The first-order valence-corrected chi connectivity index (χ1v) is 4.97. The Bertz CT molecular complexity index is 276. The number of carboxylic acids is 1. The van der Waals surface area contributed by atoms with Gasteiger partial charge in [-0.05, 0) is 36.5 Å². The van der Waals surface area contributed by atoms with Crippen LogP contribution in [0.4, 0.5) is 0 Å². The van der Waals surface area contributed by atoms with E-state index in [4.69, 9.17) is 5.11 Å². The number of allylic oxidation sites excluding steroid dienone is 1. The van der Waals surface area contributed by atoms with E-state index in [2.05, 4.69) is 13.8 Å². The third kappa shape index (κ3) is 1.19. The van der Waals surface area contributed by atoms with Crippen molar-refractivity contribution in [1.82, 2.24) is 0 Å². The molecule has 1 N–H and O–H groups in total. The van der Waals surface area contributed by atoms with Crippen molar-refractivity contribution in [2.75, 3.05) is 0 Å². The number of fused-ring (bicyclic) bond motifs is 2. The number of hydrogen-bond acceptors (Lipinski definition) is 1. The maximum absolute atomic E-state index is 10.6. The largest absolute Gasteiger partial charge is 0.478 e. The molecule has 2 atom stereocenters. The quantitative estimate of drug-likeness (QED) is 0.629. The van der Waals surface area contributed by atoms with E-state index in [-0.39, 0.29) is 5.41 Å². The Morgan fingerprint density at radius 3 is 2.69 bits per heavy atom. The molecule has 2 aliphatic carbocycles. The van der Waals surface area contributed by atoms with E-state index >= 15 is 0 Å². The summed E-state index contributed by atoms with van der Waals surface area (Å²) < 4.78 is 0. The van der Waals surface area contributed by atoms with Crippen molar-refractivity contribution < 1.29 is 9.90 Å². The van der Waals surface area contributed by atoms with Crippen molar-refractivity contribution in [2.24, 2.45) is 17.3 Å². The molecule has 2 nitrogen and oxygen atoms in total. The molecule has 2 bridgehead atoms. The molecule has 0 aromatic carbocycles. The second-order valence-corrected chi connectivity index (χ2v) is 4.87. The van der Waals surface area contributed by atoms with E-state index in [1.165, 1.54) is 30.9 Å². The molecule has 0 aliphatic heterocycles. The van der Waals surface area contributed by atoms with Gasteiger partial charge in [0, 0.05) is 6.08 Å². The highest BCUT2D eigenvalue weighted by Crippen LogP contribution is 2.58. The molecule has 2 aliphatic rings. The zero-order valence-electron chi connectivity index (χ0n) is 8.21. The number of aliphatic carboxylic acids is 1. The van der Waals surface area contributed by atoms with Gasteiger partial charge in [-0.1, -0.05) is 19.4 Å². The lowest BCUT2D eigenvalue weighted by atomic mass is 9.73. The van der Waals surface area contributed by atoms with Gasteiger partial charge >= 0.3 is 5.97 Å². The molecule has 0 saturated heterocycles. The summed E-state index contributed by atoms with van der Waals surface area (Å²) >= 11 is 0. The first-order valence-electron chi connectivity index (χ1n) is 4.97. The fourth-order valence-corrected chi connectivity index (χ4v) is 3.12. The summed E-state index contributed by atoms with van der Waals surface area (Å²) in [6, 6.07) is 0. The molecule has 0 radical (unpaired) electrons. The van der Waals surface area contributed by atoms with Gasteiger partial charge in [0.15, 0.2) is 0 Å². The van der Waals surface area contributed by atoms with Crippen molar-refractivity contribution in [3.05, 3.63) is 11.6 Å². The topological polar surface area (TPSA) is 37.3 Å². The second-order valence-electron chi connectivity index (χ2n) is 4.87. The van der Waals surface area contributed by atoms with Gasteiger partial charge in [-0.15, -0.1) is 0 Å². The van der Waals surface area contributed by atoms with Crippen LogP contribution in [0, 0.1) is 17.3 Å². The summed E-state index contributed by atoms with van der Waals surface area (Å²) in [7, 11) is 0. The summed E-state index contributed by atoms with van der Waals surface area (Å²) in [5.41, 5.74) is 1.32. The Kier molecular flexibility index (Phi) is 1.76. The van der Waals surface area contributed by atoms with E-state index in [9.17, 15) is 4.79 Å². The van der Waals surface area contributed by atoms with E-state index in [0.29, 0.717) is 5.92 Å². The molecule has 0 aromatic heterocycles. The molecule has 2 rings (SSSR count). The smallest absolute Gasteiger partial charge is 0.328 e. The second kappa shape index (κ2) is 2.60. The first-order chi connectivity index (χ1) is 6.01. The summed E-state index contributed by atoms with van der Waals surface area (Å²) in [6.45, 7) is 4.37. The molecule has 13 heavy (non-hydrogen) atoms. The molecule has 2 heteroatoms. The van der Waals surface area contributed by atoms with Gasteiger partial charge < -0.3 is 5.11 Å². The molecule has 0 heterocycles. The Hall–Kier alpha value is -0.790. The zero-order chi connectivity index (χ0) is 9.64. The molecule has 0 amide bonds. The van der Waals surface area contributed by atoms with Gasteiger partial charge in [0.05, 0.1) is 0 Å². The van der Waals surface area contributed by atoms with Gasteiger partial charge in [0.2, 0.25) is 0 Å². The van der Waals surface area contributed by atoms with Gasteiger partial charge in [0.25, 0.3) is 0 Å². The molecule has 0 unspecified atom stereocenters. The highest BCUT2D eigenvalue weighted by atomic mass is 16.4. The fourth-order valence-electron chi connectivity index (χ4n) is 3.12. The Morgan fingerprint density at radius 1 is 1.54 bits per heavy atom. The van der Waals surface area contributed by atoms with Crippen molar-refractivity contribution in [2.45, 2.75) is 33.1 Å². The average Bonchev–Trinajstić information content (AvgIpc) is 2.53. The predicted octanol–water partition coefficient (Wildman–Crippen LogP) is 2.45. The lowest BCUT2D eigenvalue weighted by Gasteiger charge is -2.32. The third-order valence-corrected chi connectivity index (χ3v) is 3.92. The fraction of sp³-hybridized carbons (Fsp3) is 0.727. The molecule has 0 aromatic rings. The third-order valence-electron chi connectivity index (χ3n) is 3.92. The standard InChI is InChI=1S/C11H16O2/c1-11(2)8-4-3-7(5-8)9(11)6-10(12)13/h6-8H,3-5H2,1-2H3,(H,12,13)/b9-6-/t7-,8+/m0/s1. The van der Waals surface area contributed by atoms with E-state index < -0.39 is 5.97 Å². The van der Waals surface area contributed by atoms with Crippen LogP contribution in [-0.2, 0) is 4.79 Å². The van der Waals surface area contributed by atoms with Crippen LogP contribution >= 0.6 is 0 Å². The average molecular weight is 180 g/mol. The molecular formula is C11H16O2. The SMILES string of the molecule is CC1(C)/C(=C\C(=O)O)[C@H]2CC[C@@H]1C2. The van der Waals surface area contributed by atoms with Crippen LogP contribution in [0.5, 0.6) is 0 Å². The van der Waals surface area contributed by atoms with Crippen LogP contribution < -0.4 is 0 Å². The van der Waals surface area contributed by atoms with E-state index in [1.54, 1.807) is 0 Å². The Labute approximate surface area is 78.6 Å². The maximum atomic E-state index is 10.6. The minimum Gasteiger partial charge on any atom is -0.478 e. The maximum Gasteiger partial charge on any atom is 0.328 e. The van der Waals surface area contributed by atoms with Crippen molar-refractivity contribution in [3.63, 3.8) is 0 Å². The highest BCUT2D eigenvalue weighted by molar-refractivity contribution is 5.81. The van der Waals surface area contributed by atoms with Crippen molar-refractivity contribution in [3.8, 4) is 0 Å². The minimum absolute atomic E-state index is 0.140. The van der Waals surface area contributed by atoms with Crippen molar-refractivity contribution in [1.29, 1.82) is 0 Å². The molecule has 0 spiro atoms. The normalized spacial score (nSPS) is 38.5. The first kappa shape index (κ1) is 8.79. The number of rotatable bonds is 1. The lowest BCUT2D eigenvalue weighted by molar-refractivity contribution is -0.131. The molecule has 2 saturated carbocycles. The van der Waals surface area contributed by atoms with Crippen LogP contribution in [0.2, 0.25) is 0 Å². The summed E-state index contributed by atoms with van der Waals surface area (Å²) in [5.74, 6) is 0.509. The van der Waals surface area contributed by atoms with E-state index in [1.807, 2.05) is 0 Å². The lowest BCUT2D eigenvalue weighted by Crippen LogP contribution is -2.23. The van der Waals surface area contributed by atoms with Gasteiger partial charge in [-0.3, -0.25) is 0 Å². The highest BCUT2D eigenvalue weighted by Gasteiger charge is 2.48. The number of carbonyl (C=O) groups is 1. The van der Waals surface area contributed by atoms with Gasteiger partial charge in [0.1, 0.15) is 0 Å². The van der Waals surface area contributed by atoms with Crippen LogP contribution in [0.25, 0.3) is 0 Å². The summed E-state index contributed by atoms with van der Waals surface area (Å²) in [4.78, 5) is 10.6. The molecular weight excluding hydrogens is 164 g/mol.